The first-order chi connectivity index (χ1) is 13.4. The van der Waals surface area contributed by atoms with Crippen molar-refractivity contribution < 1.29 is 27.8 Å². The first-order valence-electron chi connectivity index (χ1n) is 8.07. The van der Waals surface area contributed by atoms with Gasteiger partial charge in [0.25, 0.3) is 5.91 Å². The third-order valence-corrected chi connectivity index (χ3v) is 3.68. The molecule has 28 heavy (non-hydrogen) atoms. The van der Waals surface area contributed by atoms with Crippen molar-refractivity contribution in [1.29, 1.82) is 0 Å². The van der Waals surface area contributed by atoms with Gasteiger partial charge < -0.3 is 19.8 Å². The Balaban J connectivity index is 1.69. The van der Waals surface area contributed by atoms with Crippen LogP contribution in [0.2, 0.25) is 0 Å². The number of fused-ring (bicyclic) bond motifs is 1. The summed E-state index contributed by atoms with van der Waals surface area (Å²) in [5, 5.41) is 2.79. The highest BCUT2D eigenvalue weighted by Crippen LogP contribution is 2.25. The predicted molar refractivity (Wildman–Crippen MR) is 96.6 cm³/mol. The molecular formula is C19H14F2N2O5. The SMILES string of the molecule is O=C(COC(=O)c1cc(=O)[nH]c2ccccc12)Nc1ccccc1OC(F)F. The van der Waals surface area contributed by atoms with Crippen LogP contribution in [0.4, 0.5) is 14.5 Å². The van der Waals surface area contributed by atoms with Crippen molar-refractivity contribution >= 4 is 28.5 Å². The van der Waals surface area contributed by atoms with Gasteiger partial charge in [0.05, 0.1) is 11.3 Å². The summed E-state index contributed by atoms with van der Waals surface area (Å²) in [6.07, 6.45) is 0. The summed E-state index contributed by atoms with van der Waals surface area (Å²) in [6, 6.07) is 13.3. The molecule has 0 saturated carbocycles. The van der Waals surface area contributed by atoms with Crippen LogP contribution >= 0.6 is 0 Å². The first kappa shape index (κ1) is 19.0. The van der Waals surface area contributed by atoms with E-state index in [9.17, 15) is 23.2 Å². The molecule has 144 valence electrons. The molecule has 0 saturated heterocycles. The molecule has 0 aliphatic rings. The molecule has 1 amide bonds. The van der Waals surface area contributed by atoms with Gasteiger partial charge in [-0.3, -0.25) is 9.59 Å². The van der Waals surface area contributed by atoms with Gasteiger partial charge in [0.2, 0.25) is 5.56 Å². The maximum atomic E-state index is 12.4. The van der Waals surface area contributed by atoms with Crippen LogP contribution in [0.1, 0.15) is 10.4 Å². The number of hydrogen-bond donors (Lipinski definition) is 2. The molecule has 2 N–H and O–H groups in total. The van der Waals surface area contributed by atoms with Gasteiger partial charge in [0, 0.05) is 17.0 Å². The molecule has 3 rings (SSSR count). The van der Waals surface area contributed by atoms with E-state index in [1.165, 1.54) is 24.3 Å². The van der Waals surface area contributed by atoms with Gasteiger partial charge in [0.15, 0.2) is 6.61 Å². The lowest BCUT2D eigenvalue weighted by atomic mass is 10.1. The maximum absolute atomic E-state index is 12.4. The largest absolute Gasteiger partial charge is 0.452 e. The maximum Gasteiger partial charge on any atom is 0.387 e. The van der Waals surface area contributed by atoms with Gasteiger partial charge in [0.1, 0.15) is 5.75 Å². The summed E-state index contributed by atoms with van der Waals surface area (Å²) in [6.45, 7) is -3.73. The summed E-state index contributed by atoms with van der Waals surface area (Å²) >= 11 is 0. The standard InChI is InChI=1S/C19H14F2N2O5/c20-19(21)28-15-8-4-3-7-14(15)23-17(25)10-27-18(26)12-9-16(24)22-13-6-2-1-5-11(12)13/h1-9,19H,10H2,(H,22,24)(H,23,25). The Kier molecular flexibility index (Phi) is 5.64. The van der Waals surface area contributed by atoms with E-state index in [1.807, 2.05) is 0 Å². The zero-order chi connectivity index (χ0) is 20.1. The lowest BCUT2D eigenvalue weighted by molar-refractivity contribution is -0.119. The summed E-state index contributed by atoms with van der Waals surface area (Å²) in [4.78, 5) is 38.6. The minimum absolute atomic E-state index is 0.00505. The smallest absolute Gasteiger partial charge is 0.387 e. The molecule has 0 radical (unpaired) electrons. The number of aromatic amines is 1. The van der Waals surface area contributed by atoms with Crippen LogP contribution in [-0.2, 0) is 9.53 Å². The number of halogens is 2. The van der Waals surface area contributed by atoms with Crippen LogP contribution < -0.4 is 15.6 Å². The highest BCUT2D eigenvalue weighted by atomic mass is 19.3. The van der Waals surface area contributed by atoms with E-state index in [1.54, 1.807) is 24.3 Å². The highest BCUT2D eigenvalue weighted by Gasteiger charge is 2.16. The number of rotatable bonds is 6. The van der Waals surface area contributed by atoms with Crippen molar-refractivity contribution in [2.75, 3.05) is 11.9 Å². The van der Waals surface area contributed by atoms with E-state index < -0.39 is 30.7 Å². The second-order valence-corrected chi connectivity index (χ2v) is 5.59. The zero-order valence-corrected chi connectivity index (χ0v) is 14.3. The minimum Gasteiger partial charge on any atom is -0.452 e. The van der Waals surface area contributed by atoms with E-state index in [2.05, 4.69) is 15.0 Å². The zero-order valence-electron chi connectivity index (χ0n) is 14.3. The number of amides is 1. The molecule has 0 atom stereocenters. The van der Waals surface area contributed by atoms with Crippen molar-refractivity contribution in [2.45, 2.75) is 6.61 Å². The molecule has 1 heterocycles. The van der Waals surface area contributed by atoms with Crippen LogP contribution in [0.15, 0.2) is 59.4 Å². The number of carbonyl (C=O) groups excluding carboxylic acids is 2. The van der Waals surface area contributed by atoms with Crippen LogP contribution in [0.25, 0.3) is 10.9 Å². The average Bonchev–Trinajstić information content (AvgIpc) is 2.66. The fraction of sp³-hybridized carbons (Fsp3) is 0.105. The Hall–Kier alpha value is -3.75. The molecule has 0 aliphatic carbocycles. The Morgan fingerprint density at radius 1 is 1.07 bits per heavy atom. The number of H-pyrrole nitrogens is 1. The summed E-state index contributed by atoms with van der Waals surface area (Å²) in [7, 11) is 0. The number of hydrogen-bond acceptors (Lipinski definition) is 5. The van der Waals surface area contributed by atoms with Gasteiger partial charge in [-0.25, -0.2) is 4.79 Å². The number of alkyl halides is 2. The quantitative estimate of drug-likeness (QED) is 0.633. The van der Waals surface area contributed by atoms with Gasteiger partial charge in [-0.15, -0.1) is 0 Å². The number of carbonyl (C=O) groups is 2. The van der Waals surface area contributed by atoms with Gasteiger partial charge in [-0.2, -0.15) is 8.78 Å². The first-order valence-corrected chi connectivity index (χ1v) is 8.07. The molecule has 1 aromatic heterocycles. The summed E-state index contributed by atoms with van der Waals surface area (Å²) < 4.78 is 34.1. The predicted octanol–water partition coefficient (Wildman–Crippen LogP) is 2.93. The van der Waals surface area contributed by atoms with Crippen molar-refractivity contribution in [1.82, 2.24) is 4.98 Å². The van der Waals surface area contributed by atoms with Gasteiger partial charge >= 0.3 is 12.6 Å². The number of benzene rings is 2. The molecule has 7 nitrogen and oxygen atoms in total. The second-order valence-electron chi connectivity index (χ2n) is 5.59. The molecule has 0 unspecified atom stereocenters. The molecule has 0 spiro atoms. The fourth-order valence-electron chi connectivity index (χ4n) is 2.54. The summed E-state index contributed by atoms with van der Waals surface area (Å²) in [5.41, 5.74) is -0.0308. The molecule has 3 aromatic rings. The fourth-order valence-corrected chi connectivity index (χ4v) is 2.54. The van der Waals surface area contributed by atoms with E-state index >= 15 is 0 Å². The number of pyridine rings is 1. The lowest BCUT2D eigenvalue weighted by Crippen LogP contribution is -2.22. The average molecular weight is 388 g/mol. The number of anilines is 1. The number of ether oxygens (including phenoxy) is 2. The second kappa shape index (κ2) is 8.30. The Labute approximate surface area is 156 Å². The number of nitrogens with one attached hydrogen (secondary N) is 2. The minimum atomic E-state index is -3.06. The molecule has 9 heteroatoms. The van der Waals surface area contributed by atoms with Crippen molar-refractivity contribution in [2.24, 2.45) is 0 Å². The van der Waals surface area contributed by atoms with E-state index in [0.29, 0.717) is 10.9 Å². The van der Waals surface area contributed by atoms with Crippen LogP contribution in [0.5, 0.6) is 5.75 Å². The molecule has 2 aromatic carbocycles. The summed E-state index contributed by atoms with van der Waals surface area (Å²) in [5.74, 6) is -1.85. The number of esters is 1. The molecule has 0 bridgehead atoms. The monoisotopic (exact) mass is 388 g/mol. The topological polar surface area (TPSA) is 97.5 Å². The van der Waals surface area contributed by atoms with Crippen molar-refractivity contribution in [3.8, 4) is 5.75 Å². The molecule has 0 aliphatic heterocycles. The lowest BCUT2D eigenvalue weighted by Gasteiger charge is -2.12. The Morgan fingerprint density at radius 3 is 2.57 bits per heavy atom. The number of aromatic nitrogens is 1. The Bertz CT molecular complexity index is 1080. The van der Waals surface area contributed by atoms with Crippen LogP contribution in [-0.4, -0.2) is 30.1 Å². The third-order valence-electron chi connectivity index (χ3n) is 3.68. The van der Waals surface area contributed by atoms with Gasteiger partial charge in [-0.05, 0) is 18.2 Å². The highest BCUT2D eigenvalue weighted by molar-refractivity contribution is 6.04. The van der Waals surface area contributed by atoms with Crippen molar-refractivity contribution in [3.63, 3.8) is 0 Å². The van der Waals surface area contributed by atoms with E-state index in [-0.39, 0.29) is 17.0 Å². The third kappa shape index (κ3) is 4.50. The van der Waals surface area contributed by atoms with E-state index in [4.69, 9.17) is 4.74 Å². The number of para-hydroxylation sites is 3. The normalized spacial score (nSPS) is 10.7. The van der Waals surface area contributed by atoms with Crippen LogP contribution in [0.3, 0.4) is 0 Å². The van der Waals surface area contributed by atoms with E-state index in [0.717, 1.165) is 6.07 Å². The molecular weight excluding hydrogens is 374 g/mol. The van der Waals surface area contributed by atoms with Crippen molar-refractivity contribution in [3.05, 3.63) is 70.5 Å². The van der Waals surface area contributed by atoms with Gasteiger partial charge in [-0.1, -0.05) is 30.3 Å². The Morgan fingerprint density at radius 2 is 1.79 bits per heavy atom. The molecule has 0 fully saturated rings. The van der Waals surface area contributed by atoms with Crippen LogP contribution in [0, 0.1) is 0 Å².